The highest BCUT2D eigenvalue weighted by Crippen LogP contribution is 2.25. The van der Waals surface area contributed by atoms with Crippen molar-refractivity contribution in [1.29, 1.82) is 0 Å². The molecule has 0 aromatic rings. The number of ether oxygens (including phenoxy) is 1. The van der Waals surface area contributed by atoms with Crippen molar-refractivity contribution in [2.75, 3.05) is 12.9 Å². The molecule has 14 heavy (non-hydrogen) atoms. The lowest BCUT2D eigenvalue weighted by molar-refractivity contribution is -0.150. The Hall–Kier alpha value is -0.750. The topological polar surface area (TPSA) is 83.5 Å². The van der Waals surface area contributed by atoms with E-state index in [0.717, 1.165) is 0 Å². The Morgan fingerprint density at radius 1 is 1.64 bits per heavy atom. The molecule has 0 rings (SSSR count). The van der Waals surface area contributed by atoms with Crippen LogP contribution < -0.4 is 0 Å². The lowest BCUT2D eigenvalue weighted by atomic mass is 9.88. The van der Waals surface area contributed by atoms with Crippen molar-refractivity contribution in [2.24, 2.45) is 5.41 Å². The minimum absolute atomic E-state index is 0.142. The van der Waals surface area contributed by atoms with Crippen LogP contribution in [0.25, 0.3) is 0 Å². The average Bonchev–Trinajstić information content (AvgIpc) is 2.12. The lowest BCUT2D eigenvalue weighted by Crippen LogP contribution is -2.34. The van der Waals surface area contributed by atoms with Gasteiger partial charge in [0.05, 0.1) is 12.5 Å². The fourth-order valence-electron chi connectivity index (χ4n) is 1.12. The van der Waals surface area contributed by atoms with Crippen LogP contribution >= 0.6 is 0 Å². The van der Waals surface area contributed by atoms with Crippen molar-refractivity contribution in [3.05, 3.63) is 0 Å². The fraction of sp³-hybridized carbons (Fsp3) is 0.750. The van der Waals surface area contributed by atoms with Crippen LogP contribution in [-0.4, -0.2) is 33.9 Å². The van der Waals surface area contributed by atoms with Crippen molar-refractivity contribution in [3.63, 3.8) is 0 Å². The lowest BCUT2D eigenvalue weighted by Gasteiger charge is -2.26. The fourth-order valence-corrected chi connectivity index (χ4v) is 1.90. The molecule has 0 bridgehead atoms. The van der Waals surface area contributed by atoms with Crippen LogP contribution in [0.2, 0.25) is 0 Å². The first kappa shape index (κ1) is 13.2. The van der Waals surface area contributed by atoms with Gasteiger partial charge in [0.25, 0.3) is 0 Å². The standard InChI is InChI=1S/C8H14O5S/c1-8(4-3-5-9,6-14(11)12)7(10)13-2/h5H,3-4,6H2,1-2H3,(H,11,12)/p-1. The van der Waals surface area contributed by atoms with E-state index in [4.69, 9.17) is 0 Å². The Labute approximate surface area is 85.1 Å². The molecule has 0 saturated heterocycles. The summed E-state index contributed by atoms with van der Waals surface area (Å²) in [6.07, 6.45) is 0.967. The summed E-state index contributed by atoms with van der Waals surface area (Å²) in [5.74, 6) is -0.934. The highest BCUT2D eigenvalue weighted by Gasteiger charge is 2.33. The summed E-state index contributed by atoms with van der Waals surface area (Å²) in [4.78, 5) is 21.4. The summed E-state index contributed by atoms with van der Waals surface area (Å²) in [5, 5.41) is 0. The molecule has 5 nitrogen and oxygen atoms in total. The molecule has 2 atom stereocenters. The molecule has 0 radical (unpaired) electrons. The first-order valence-electron chi connectivity index (χ1n) is 4.04. The van der Waals surface area contributed by atoms with Gasteiger partial charge in [0.2, 0.25) is 0 Å². The van der Waals surface area contributed by atoms with Gasteiger partial charge in [0, 0.05) is 12.2 Å². The van der Waals surface area contributed by atoms with E-state index < -0.39 is 22.5 Å². The van der Waals surface area contributed by atoms with Gasteiger partial charge in [-0.2, -0.15) is 0 Å². The summed E-state index contributed by atoms with van der Waals surface area (Å²) in [7, 11) is 1.19. The van der Waals surface area contributed by atoms with Crippen LogP contribution in [0, 0.1) is 5.41 Å². The average molecular weight is 221 g/mol. The molecular formula is C8H13O5S-. The van der Waals surface area contributed by atoms with Crippen molar-refractivity contribution >= 4 is 23.3 Å². The number of methoxy groups -OCH3 is 1. The molecule has 0 fully saturated rings. The second-order valence-electron chi connectivity index (χ2n) is 3.21. The van der Waals surface area contributed by atoms with Crippen molar-refractivity contribution in [3.8, 4) is 0 Å². The Morgan fingerprint density at radius 3 is 2.57 bits per heavy atom. The predicted molar refractivity (Wildman–Crippen MR) is 49.2 cm³/mol. The van der Waals surface area contributed by atoms with Gasteiger partial charge in [-0.1, -0.05) is 11.1 Å². The number of carbonyl (C=O) groups excluding carboxylic acids is 2. The minimum Gasteiger partial charge on any atom is -0.772 e. The molecule has 2 unspecified atom stereocenters. The Kier molecular flexibility index (Phi) is 5.56. The van der Waals surface area contributed by atoms with Gasteiger partial charge in [0.1, 0.15) is 6.29 Å². The number of hydrogen-bond donors (Lipinski definition) is 0. The largest absolute Gasteiger partial charge is 0.772 e. The molecular weight excluding hydrogens is 208 g/mol. The minimum atomic E-state index is -2.33. The first-order chi connectivity index (χ1) is 6.46. The zero-order valence-electron chi connectivity index (χ0n) is 8.15. The van der Waals surface area contributed by atoms with E-state index in [1.165, 1.54) is 14.0 Å². The maximum absolute atomic E-state index is 11.3. The smallest absolute Gasteiger partial charge is 0.312 e. The van der Waals surface area contributed by atoms with E-state index in [9.17, 15) is 18.4 Å². The van der Waals surface area contributed by atoms with Crippen LogP contribution in [0.5, 0.6) is 0 Å². The molecule has 82 valence electrons. The van der Waals surface area contributed by atoms with E-state index in [0.29, 0.717) is 6.29 Å². The van der Waals surface area contributed by atoms with Gasteiger partial charge in [-0.15, -0.1) is 0 Å². The Morgan fingerprint density at radius 2 is 2.21 bits per heavy atom. The zero-order valence-corrected chi connectivity index (χ0v) is 8.96. The third-order valence-corrected chi connectivity index (χ3v) is 2.80. The number of rotatable bonds is 6. The number of esters is 1. The van der Waals surface area contributed by atoms with Crippen molar-refractivity contribution in [1.82, 2.24) is 0 Å². The molecule has 0 N–H and O–H groups in total. The predicted octanol–water partition coefficient (Wildman–Crippen LogP) is 0.0239. The van der Waals surface area contributed by atoms with Crippen LogP contribution in [0.15, 0.2) is 0 Å². The number of aldehydes is 1. The monoisotopic (exact) mass is 221 g/mol. The van der Waals surface area contributed by atoms with Gasteiger partial charge < -0.3 is 14.1 Å². The molecule has 6 heteroatoms. The van der Waals surface area contributed by atoms with E-state index in [1.54, 1.807) is 0 Å². The van der Waals surface area contributed by atoms with Gasteiger partial charge in [0.15, 0.2) is 0 Å². The summed E-state index contributed by atoms with van der Waals surface area (Å²) in [6, 6.07) is 0. The Bertz CT molecular complexity index is 240. The number of hydrogen-bond acceptors (Lipinski definition) is 5. The van der Waals surface area contributed by atoms with Crippen LogP contribution in [0.4, 0.5) is 0 Å². The van der Waals surface area contributed by atoms with E-state index in [2.05, 4.69) is 4.74 Å². The highest BCUT2D eigenvalue weighted by atomic mass is 32.2. The van der Waals surface area contributed by atoms with Crippen LogP contribution in [0.3, 0.4) is 0 Å². The summed E-state index contributed by atoms with van der Waals surface area (Å²) in [6.45, 7) is 1.47. The Balaban J connectivity index is 4.55. The van der Waals surface area contributed by atoms with Gasteiger partial charge in [-0.3, -0.25) is 9.00 Å². The molecule has 0 aliphatic rings. The summed E-state index contributed by atoms with van der Waals surface area (Å²) in [5.41, 5.74) is -1.12. The molecule has 0 aromatic heterocycles. The quantitative estimate of drug-likeness (QED) is 0.359. The van der Waals surface area contributed by atoms with Gasteiger partial charge >= 0.3 is 5.97 Å². The SMILES string of the molecule is COC(=O)C(C)(CCC=O)CS(=O)[O-]. The van der Waals surface area contributed by atoms with E-state index in [1.807, 2.05) is 0 Å². The third kappa shape index (κ3) is 3.97. The highest BCUT2D eigenvalue weighted by molar-refractivity contribution is 7.79. The summed E-state index contributed by atoms with van der Waals surface area (Å²) < 4.78 is 25.5. The summed E-state index contributed by atoms with van der Waals surface area (Å²) >= 11 is -2.33. The molecule has 0 aliphatic heterocycles. The third-order valence-electron chi connectivity index (χ3n) is 1.93. The molecule has 0 amide bonds. The number of carbonyl (C=O) groups is 2. The van der Waals surface area contributed by atoms with Gasteiger partial charge in [-0.05, 0) is 13.3 Å². The van der Waals surface area contributed by atoms with E-state index in [-0.39, 0.29) is 18.6 Å². The first-order valence-corrected chi connectivity index (χ1v) is 5.28. The second kappa shape index (κ2) is 5.87. The van der Waals surface area contributed by atoms with Crippen molar-refractivity contribution in [2.45, 2.75) is 19.8 Å². The maximum Gasteiger partial charge on any atom is 0.312 e. The normalized spacial score (nSPS) is 16.8. The van der Waals surface area contributed by atoms with Crippen molar-refractivity contribution < 1.29 is 23.1 Å². The second-order valence-corrected chi connectivity index (χ2v) is 4.10. The molecule has 0 aromatic carbocycles. The van der Waals surface area contributed by atoms with Gasteiger partial charge in [-0.25, -0.2) is 0 Å². The molecule has 0 heterocycles. The van der Waals surface area contributed by atoms with Crippen LogP contribution in [-0.2, 0) is 25.4 Å². The zero-order chi connectivity index (χ0) is 11.2. The maximum atomic E-state index is 11.3. The van der Waals surface area contributed by atoms with E-state index >= 15 is 0 Å². The molecule has 0 saturated carbocycles. The van der Waals surface area contributed by atoms with Crippen LogP contribution in [0.1, 0.15) is 19.8 Å². The molecule has 0 aliphatic carbocycles. The molecule has 0 spiro atoms.